The Bertz CT molecular complexity index is 1440. The Hall–Kier alpha value is -4.05. The summed E-state index contributed by atoms with van der Waals surface area (Å²) in [6.45, 7) is 6.02. The molecule has 35 heavy (non-hydrogen) atoms. The second-order valence-corrected chi connectivity index (χ2v) is 9.28. The van der Waals surface area contributed by atoms with E-state index in [2.05, 4.69) is 30.9 Å². The maximum atomic E-state index is 14.3. The molecule has 1 spiro atoms. The van der Waals surface area contributed by atoms with E-state index in [-0.39, 0.29) is 17.3 Å². The van der Waals surface area contributed by atoms with Crippen LogP contribution in [0.1, 0.15) is 62.0 Å². The third-order valence-corrected chi connectivity index (χ3v) is 7.78. The highest BCUT2D eigenvalue weighted by Crippen LogP contribution is 2.60. The number of anilines is 1. The quantitative estimate of drug-likeness (QED) is 0.456. The molecule has 172 valence electrons. The molecule has 3 aromatic rings. The zero-order chi connectivity index (χ0) is 24.3. The molecule has 0 fully saturated rings. The summed E-state index contributed by atoms with van der Waals surface area (Å²) in [5.74, 6) is -1.09. The molecule has 1 atom stereocenters. The number of rotatable bonds is 4. The minimum absolute atomic E-state index is 0.127. The van der Waals surface area contributed by atoms with Gasteiger partial charge in [0, 0.05) is 47.0 Å². The molecule has 3 aliphatic carbocycles. The van der Waals surface area contributed by atoms with Crippen molar-refractivity contribution in [1.82, 2.24) is 0 Å². The number of carbonyl (C=O) groups is 3. The Morgan fingerprint density at radius 3 is 1.83 bits per heavy atom. The molecule has 0 bridgehead atoms. The lowest BCUT2D eigenvalue weighted by Gasteiger charge is -2.38. The van der Waals surface area contributed by atoms with Gasteiger partial charge in [0.15, 0.2) is 17.3 Å². The molecule has 0 amide bonds. The third-order valence-electron chi connectivity index (χ3n) is 7.78. The maximum absolute atomic E-state index is 14.3. The summed E-state index contributed by atoms with van der Waals surface area (Å²) in [7, 11) is 0. The first kappa shape index (κ1) is 21.5. The summed E-state index contributed by atoms with van der Waals surface area (Å²) in [5.41, 5.74) is 3.61. The van der Waals surface area contributed by atoms with Crippen molar-refractivity contribution >= 4 is 28.6 Å². The van der Waals surface area contributed by atoms with Gasteiger partial charge in [0.2, 0.25) is 0 Å². The first-order valence-corrected chi connectivity index (χ1v) is 12.1. The van der Waals surface area contributed by atoms with Crippen molar-refractivity contribution < 1.29 is 14.4 Å². The van der Waals surface area contributed by atoms with Gasteiger partial charge in [-0.2, -0.15) is 0 Å². The summed E-state index contributed by atoms with van der Waals surface area (Å²) in [6.07, 6.45) is 3.70. The molecule has 4 nitrogen and oxygen atoms in total. The van der Waals surface area contributed by atoms with Crippen molar-refractivity contribution in [3.05, 3.63) is 118 Å². The average molecular weight is 460 g/mol. The molecule has 6 rings (SSSR count). The smallest absolute Gasteiger partial charge is 0.193 e. The van der Waals surface area contributed by atoms with Crippen molar-refractivity contribution in [2.75, 3.05) is 18.0 Å². The zero-order valence-electron chi connectivity index (χ0n) is 19.7. The standard InChI is InChI=1S/C31H25NO3/c1-3-32(4-2)20-15-13-19(14-16-20)26-18-17-25-27(21-9-5-6-10-22(21)28(25)33)31(26)29(34)23-11-7-8-12-24(23)30(31)35/h5-18,26H,3-4H2,1-2H3. The van der Waals surface area contributed by atoms with Crippen LogP contribution in [0.15, 0.2) is 90.5 Å². The summed E-state index contributed by atoms with van der Waals surface area (Å²) in [4.78, 5) is 44.2. The lowest BCUT2D eigenvalue weighted by atomic mass is 9.60. The van der Waals surface area contributed by atoms with Gasteiger partial charge < -0.3 is 4.90 Å². The predicted molar refractivity (Wildman–Crippen MR) is 137 cm³/mol. The molecule has 1 unspecified atom stereocenters. The summed E-state index contributed by atoms with van der Waals surface area (Å²) in [5, 5.41) is 0. The number of Topliss-reactive ketones (excluding diaryl/α,β-unsaturated/α-hetero) is 3. The maximum Gasteiger partial charge on any atom is 0.193 e. The van der Waals surface area contributed by atoms with E-state index < -0.39 is 11.3 Å². The molecule has 0 aromatic heterocycles. The van der Waals surface area contributed by atoms with Crippen LogP contribution in [0.2, 0.25) is 0 Å². The van der Waals surface area contributed by atoms with Gasteiger partial charge >= 0.3 is 0 Å². The van der Waals surface area contributed by atoms with Crippen LogP contribution in [-0.2, 0) is 0 Å². The fourth-order valence-electron chi connectivity index (χ4n) is 6.14. The van der Waals surface area contributed by atoms with E-state index in [1.165, 1.54) is 0 Å². The lowest BCUT2D eigenvalue weighted by molar-refractivity contribution is 0.0753. The van der Waals surface area contributed by atoms with Gasteiger partial charge in [0.1, 0.15) is 5.41 Å². The van der Waals surface area contributed by atoms with Gasteiger partial charge in [-0.15, -0.1) is 0 Å². The Balaban J connectivity index is 1.59. The van der Waals surface area contributed by atoms with Crippen molar-refractivity contribution in [3.63, 3.8) is 0 Å². The first-order chi connectivity index (χ1) is 17.0. The van der Waals surface area contributed by atoms with Crippen LogP contribution in [0.4, 0.5) is 5.69 Å². The van der Waals surface area contributed by atoms with Crippen LogP contribution in [0.3, 0.4) is 0 Å². The van der Waals surface area contributed by atoms with Gasteiger partial charge in [0.25, 0.3) is 0 Å². The Morgan fingerprint density at radius 1 is 0.714 bits per heavy atom. The molecule has 0 radical (unpaired) electrons. The Kier molecular flexibility index (Phi) is 4.75. The van der Waals surface area contributed by atoms with Gasteiger partial charge in [0.05, 0.1) is 0 Å². The first-order valence-electron chi connectivity index (χ1n) is 12.1. The number of ketones is 3. The Morgan fingerprint density at radius 2 is 1.26 bits per heavy atom. The second-order valence-electron chi connectivity index (χ2n) is 9.28. The molecular formula is C31H25NO3. The number of hydrogen-bond donors (Lipinski definition) is 0. The molecule has 0 saturated carbocycles. The highest BCUT2D eigenvalue weighted by Gasteiger charge is 2.63. The number of benzene rings is 3. The summed E-state index contributed by atoms with van der Waals surface area (Å²) < 4.78 is 0. The van der Waals surface area contributed by atoms with Crippen molar-refractivity contribution in [1.29, 1.82) is 0 Å². The number of fused-ring (bicyclic) bond motifs is 4. The molecule has 0 saturated heterocycles. The summed E-state index contributed by atoms with van der Waals surface area (Å²) >= 11 is 0. The fourth-order valence-corrected chi connectivity index (χ4v) is 6.14. The molecule has 4 heteroatoms. The van der Waals surface area contributed by atoms with Crippen molar-refractivity contribution in [3.8, 4) is 0 Å². The molecule has 3 aromatic carbocycles. The Labute approximate surface area is 204 Å². The van der Waals surface area contributed by atoms with E-state index in [1.807, 2.05) is 42.5 Å². The van der Waals surface area contributed by atoms with E-state index in [9.17, 15) is 14.4 Å². The predicted octanol–water partition coefficient (Wildman–Crippen LogP) is 5.90. The number of carbonyl (C=O) groups excluding carboxylic acids is 3. The monoisotopic (exact) mass is 459 g/mol. The van der Waals surface area contributed by atoms with Gasteiger partial charge in [-0.25, -0.2) is 0 Å². The molecular weight excluding hydrogens is 434 g/mol. The second kappa shape index (κ2) is 7.74. The van der Waals surface area contributed by atoms with E-state index >= 15 is 0 Å². The zero-order valence-corrected chi connectivity index (χ0v) is 19.7. The van der Waals surface area contributed by atoms with Gasteiger partial charge in [-0.1, -0.05) is 72.8 Å². The number of allylic oxidation sites excluding steroid dienone is 4. The third kappa shape index (κ3) is 2.71. The fraction of sp³-hybridized carbons (Fsp3) is 0.194. The molecule has 0 heterocycles. The van der Waals surface area contributed by atoms with Crippen molar-refractivity contribution in [2.24, 2.45) is 5.41 Å². The van der Waals surface area contributed by atoms with E-state index in [4.69, 9.17) is 0 Å². The number of hydrogen-bond acceptors (Lipinski definition) is 4. The molecule has 3 aliphatic rings. The number of nitrogens with zero attached hydrogens (tertiary/aromatic N) is 1. The SMILES string of the molecule is CCN(CC)c1ccc(C2C=CC3=C(c4ccccc4C3=O)C23C(=O)c2ccccc2C3=O)cc1. The van der Waals surface area contributed by atoms with Crippen LogP contribution in [0.25, 0.3) is 5.57 Å². The lowest BCUT2D eigenvalue weighted by Crippen LogP contribution is -2.42. The van der Waals surface area contributed by atoms with Crippen LogP contribution in [-0.4, -0.2) is 30.4 Å². The van der Waals surface area contributed by atoms with Crippen LogP contribution in [0, 0.1) is 5.41 Å². The van der Waals surface area contributed by atoms with Crippen LogP contribution >= 0.6 is 0 Å². The van der Waals surface area contributed by atoms with E-state index in [0.29, 0.717) is 33.4 Å². The van der Waals surface area contributed by atoms with Gasteiger partial charge in [-0.3, -0.25) is 14.4 Å². The van der Waals surface area contributed by atoms with Crippen LogP contribution in [0.5, 0.6) is 0 Å². The molecule has 0 N–H and O–H groups in total. The average Bonchev–Trinajstić information content (AvgIpc) is 3.31. The van der Waals surface area contributed by atoms with Gasteiger partial charge in [-0.05, 0) is 42.7 Å². The molecule has 0 aliphatic heterocycles. The minimum Gasteiger partial charge on any atom is -0.372 e. The highest BCUT2D eigenvalue weighted by molar-refractivity contribution is 6.40. The summed E-state index contributed by atoms with van der Waals surface area (Å²) in [6, 6.07) is 22.5. The van der Waals surface area contributed by atoms with E-state index in [1.54, 1.807) is 30.3 Å². The minimum atomic E-state index is -1.49. The largest absolute Gasteiger partial charge is 0.372 e. The van der Waals surface area contributed by atoms with E-state index in [0.717, 1.165) is 24.3 Å². The normalized spacial score (nSPS) is 19.3. The topological polar surface area (TPSA) is 54.5 Å². The van der Waals surface area contributed by atoms with Crippen LogP contribution < -0.4 is 4.90 Å². The highest BCUT2D eigenvalue weighted by atomic mass is 16.2. The van der Waals surface area contributed by atoms with Crippen molar-refractivity contribution in [2.45, 2.75) is 19.8 Å².